The van der Waals surface area contributed by atoms with E-state index in [1.807, 2.05) is 113 Å². The normalized spacial score (nSPS) is 11.1. The van der Waals surface area contributed by atoms with Crippen LogP contribution in [0.4, 0.5) is 25.8 Å². The molecule has 9 nitrogen and oxygen atoms in total. The van der Waals surface area contributed by atoms with Crippen molar-refractivity contribution >= 4 is 29.7 Å². The van der Waals surface area contributed by atoms with Gasteiger partial charge in [0.05, 0.1) is 14.2 Å². The van der Waals surface area contributed by atoms with Crippen LogP contribution in [0.15, 0.2) is 78.9 Å². The van der Waals surface area contributed by atoms with E-state index in [1.165, 1.54) is 14.2 Å². The number of anilines is 2. The quantitative estimate of drug-likeness (QED) is 0.176. The fourth-order valence-corrected chi connectivity index (χ4v) is 5.27. The van der Waals surface area contributed by atoms with E-state index in [9.17, 15) is 14.4 Å². The fourth-order valence-electron chi connectivity index (χ4n) is 5.27. The zero-order chi connectivity index (χ0) is 33.7. The van der Waals surface area contributed by atoms with E-state index in [2.05, 4.69) is 0 Å². The molecule has 46 heavy (non-hydrogen) atoms. The number of methoxy groups -OCH3 is 2. The van der Waals surface area contributed by atoms with Crippen LogP contribution in [0.5, 0.6) is 0 Å². The highest BCUT2D eigenvalue weighted by atomic mass is 16.6. The first-order chi connectivity index (χ1) is 22.0. The molecular formula is C37H49N3O6. The van der Waals surface area contributed by atoms with Crippen molar-refractivity contribution in [3.8, 4) is 0 Å². The standard InChI is InChI=1S/C37H49N3O6/c1-8-24-39(35(42)44-6)31-19-15-29(16-20-31)33(30-17-21-32(22-18-30)40(25-9-2)36(43)45-7)23-26-38(34(41)46-37(3,4)5)27-28-13-11-10-12-14-28/h10-22,33H,8-9,23-27H2,1-7H3. The summed E-state index contributed by atoms with van der Waals surface area (Å²) < 4.78 is 15.8. The van der Waals surface area contributed by atoms with E-state index < -0.39 is 17.8 Å². The highest BCUT2D eigenvalue weighted by Crippen LogP contribution is 2.32. The van der Waals surface area contributed by atoms with Gasteiger partial charge in [0.2, 0.25) is 0 Å². The number of hydrogen-bond donors (Lipinski definition) is 0. The molecule has 3 aromatic rings. The SMILES string of the molecule is CCCN(C(=O)OC)c1ccc(C(CCN(Cc2ccccc2)C(=O)OC(C)(C)C)c2ccc(N(CCC)C(=O)OC)cc2)cc1. The Hall–Kier alpha value is -4.53. The lowest BCUT2D eigenvalue weighted by Crippen LogP contribution is -2.37. The molecule has 3 amide bonds. The molecule has 0 heterocycles. The average molecular weight is 632 g/mol. The molecule has 248 valence electrons. The van der Waals surface area contributed by atoms with Gasteiger partial charge in [0.25, 0.3) is 0 Å². The minimum absolute atomic E-state index is 0.0979. The van der Waals surface area contributed by atoms with Gasteiger partial charge in [-0.05, 0) is 81.0 Å². The summed E-state index contributed by atoms with van der Waals surface area (Å²) >= 11 is 0. The van der Waals surface area contributed by atoms with E-state index in [-0.39, 0.29) is 12.0 Å². The number of hydrogen-bond acceptors (Lipinski definition) is 6. The molecule has 3 aromatic carbocycles. The minimum atomic E-state index is -0.634. The number of ether oxygens (including phenoxy) is 3. The Kier molecular flexibility index (Phi) is 13.5. The number of rotatable bonds is 13. The third-order valence-electron chi connectivity index (χ3n) is 7.45. The minimum Gasteiger partial charge on any atom is -0.452 e. The first-order valence-electron chi connectivity index (χ1n) is 15.9. The lowest BCUT2D eigenvalue weighted by molar-refractivity contribution is 0.0229. The van der Waals surface area contributed by atoms with Gasteiger partial charge in [-0.3, -0.25) is 9.80 Å². The molecule has 0 unspecified atom stereocenters. The predicted molar refractivity (Wildman–Crippen MR) is 183 cm³/mol. The zero-order valence-corrected chi connectivity index (χ0v) is 28.3. The van der Waals surface area contributed by atoms with Crippen molar-refractivity contribution in [3.05, 3.63) is 95.6 Å². The van der Waals surface area contributed by atoms with Crippen LogP contribution in [-0.4, -0.2) is 62.6 Å². The van der Waals surface area contributed by atoms with Crippen molar-refractivity contribution < 1.29 is 28.6 Å². The second-order valence-electron chi connectivity index (χ2n) is 12.2. The first-order valence-corrected chi connectivity index (χ1v) is 15.9. The van der Waals surface area contributed by atoms with E-state index in [0.717, 1.165) is 40.9 Å². The molecular weight excluding hydrogens is 582 g/mol. The van der Waals surface area contributed by atoms with Gasteiger partial charge >= 0.3 is 18.3 Å². The molecule has 9 heteroatoms. The Morgan fingerprint density at radius 2 is 1.11 bits per heavy atom. The number of carbonyl (C=O) groups is 3. The van der Waals surface area contributed by atoms with Gasteiger partial charge in [-0.25, -0.2) is 14.4 Å². The van der Waals surface area contributed by atoms with Crippen molar-refractivity contribution in [2.24, 2.45) is 0 Å². The zero-order valence-electron chi connectivity index (χ0n) is 28.3. The lowest BCUT2D eigenvalue weighted by atomic mass is 9.88. The molecule has 0 N–H and O–H groups in total. The molecule has 0 saturated heterocycles. The van der Waals surface area contributed by atoms with Crippen molar-refractivity contribution in [3.63, 3.8) is 0 Å². The van der Waals surface area contributed by atoms with Crippen molar-refractivity contribution in [2.45, 2.75) is 71.9 Å². The largest absolute Gasteiger partial charge is 0.452 e. The summed E-state index contributed by atoms with van der Waals surface area (Å²) in [4.78, 5) is 43.3. The van der Waals surface area contributed by atoms with Crippen molar-refractivity contribution in [1.82, 2.24) is 4.90 Å². The topological polar surface area (TPSA) is 88.6 Å². The molecule has 0 aromatic heterocycles. The Labute approximate surface area is 274 Å². The van der Waals surface area contributed by atoms with Crippen LogP contribution >= 0.6 is 0 Å². The molecule has 3 rings (SSSR count). The maximum absolute atomic E-state index is 13.4. The lowest BCUT2D eigenvalue weighted by Gasteiger charge is -2.29. The molecule has 0 radical (unpaired) electrons. The number of amides is 3. The highest BCUT2D eigenvalue weighted by molar-refractivity contribution is 5.88. The molecule has 0 saturated carbocycles. The van der Waals surface area contributed by atoms with Gasteiger partial charge in [0.1, 0.15) is 5.60 Å². The van der Waals surface area contributed by atoms with Crippen LogP contribution in [0.25, 0.3) is 0 Å². The maximum Gasteiger partial charge on any atom is 0.413 e. The number of benzene rings is 3. The Morgan fingerprint density at radius 3 is 1.50 bits per heavy atom. The fraction of sp³-hybridized carbons (Fsp3) is 0.432. The van der Waals surface area contributed by atoms with Crippen molar-refractivity contribution in [1.29, 1.82) is 0 Å². The Balaban J connectivity index is 1.99. The van der Waals surface area contributed by atoms with Crippen molar-refractivity contribution in [2.75, 3.05) is 43.7 Å². The summed E-state index contributed by atoms with van der Waals surface area (Å²) in [6.07, 6.45) is 0.997. The van der Waals surface area contributed by atoms with Gasteiger partial charge in [-0.1, -0.05) is 68.4 Å². The van der Waals surface area contributed by atoms with Crippen LogP contribution in [0.1, 0.15) is 76.5 Å². The van der Waals surface area contributed by atoms with Gasteiger partial charge in [-0.15, -0.1) is 0 Å². The van der Waals surface area contributed by atoms with Crippen LogP contribution in [-0.2, 0) is 20.8 Å². The molecule has 0 atom stereocenters. The van der Waals surface area contributed by atoms with Gasteiger partial charge in [0, 0.05) is 43.5 Å². The predicted octanol–water partition coefficient (Wildman–Crippen LogP) is 8.61. The third-order valence-corrected chi connectivity index (χ3v) is 7.45. The average Bonchev–Trinajstić information content (AvgIpc) is 3.05. The second-order valence-corrected chi connectivity index (χ2v) is 12.2. The monoisotopic (exact) mass is 631 g/mol. The molecule has 0 spiro atoms. The van der Waals surface area contributed by atoms with Crippen LogP contribution < -0.4 is 9.80 Å². The van der Waals surface area contributed by atoms with Gasteiger partial charge in [-0.2, -0.15) is 0 Å². The molecule has 0 aliphatic carbocycles. The Morgan fingerprint density at radius 1 is 0.652 bits per heavy atom. The summed E-state index contributed by atoms with van der Waals surface area (Å²) in [7, 11) is 2.76. The maximum atomic E-state index is 13.4. The van der Waals surface area contributed by atoms with Crippen LogP contribution in [0.2, 0.25) is 0 Å². The van der Waals surface area contributed by atoms with Gasteiger partial charge < -0.3 is 19.1 Å². The Bertz CT molecular complexity index is 1320. The molecule has 0 aliphatic rings. The summed E-state index contributed by atoms with van der Waals surface area (Å²) in [6, 6.07) is 25.7. The number of nitrogens with zero attached hydrogens (tertiary/aromatic N) is 3. The molecule has 0 fully saturated rings. The first kappa shape index (κ1) is 35.9. The van der Waals surface area contributed by atoms with E-state index in [0.29, 0.717) is 32.6 Å². The van der Waals surface area contributed by atoms with E-state index in [1.54, 1.807) is 14.7 Å². The highest BCUT2D eigenvalue weighted by Gasteiger charge is 2.25. The van der Waals surface area contributed by atoms with Gasteiger partial charge in [0.15, 0.2) is 0 Å². The summed E-state index contributed by atoms with van der Waals surface area (Å²) in [5, 5.41) is 0. The van der Waals surface area contributed by atoms with E-state index in [4.69, 9.17) is 14.2 Å². The smallest absolute Gasteiger partial charge is 0.413 e. The second kappa shape index (κ2) is 17.2. The third kappa shape index (κ3) is 10.3. The molecule has 0 bridgehead atoms. The van der Waals surface area contributed by atoms with Crippen LogP contribution in [0, 0.1) is 0 Å². The summed E-state index contributed by atoms with van der Waals surface area (Å²) in [5.41, 5.74) is 3.93. The summed E-state index contributed by atoms with van der Waals surface area (Å²) in [6.45, 7) is 11.5. The summed E-state index contributed by atoms with van der Waals surface area (Å²) in [5.74, 6) is -0.0979. The number of carbonyl (C=O) groups excluding carboxylic acids is 3. The molecule has 0 aliphatic heterocycles. The van der Waals surface area contributed by atoms with E-state index >= 15 is 0 Å². The van der Waals surface area contributed by atoms with Crippen LogP contribution in [0.3, 0.4) is 0 Å².